The molecule has 0 saturated heterocycles. The van der Waals surface area contributed by atoms with E-state index in [1.54, 1.807) is 18.0 Å². The molecule has 6 heteroatoms. The van der Waals surface area contributed by atoms with E-state index in [0.717, 1.165) is 27.9 Å². The summed E-state index contributed by atoms with van der Waals surface area (Å²) >= 11 is 6.21. The number of halogens is 1. The number of carbonyl (C=O) groups is 2. The number of nitrogens with one attached hydrogen (secondary N) is 2. The topological polar surface area (TPSA) is 61.4 Å². The van der Waals surface area contributed by atoms with Crippen LogP contribution in [0.15, 0.2) is 66.7 Å². The Morgan fingerprint density at radius 3 is 2.31 bits per heavy atom. The van der Waals surface area contributed by atoms with Gasteiger partial charge in [-0.15, -0.1) is 0 Å². The van der Waals surface area contributed by atoms with E-state index >= 15 is 0 Å². The van der Waals surface area contributed by atoms with Gasteiger partial charge in [0.1, 0.15) is 6.04 Å². The Balaban J connectivity index is 1.78. The molecule has 0 heterocycles. The highest BCUT2D eigenvalue weighted by atomic mass is 35.5. The van der Waals surface area contributed by atoms with Crippen LogP contribution in [0, 0.1) is 20.8 Å². The van der Waals surface area contributed by atoms with Crippen LogP contribution in [0.4, 0.5) is 11.4 Å². The Kier molecular flexibility index (Phi) is 7.67. The molecule has 0 aliphatic carbocycles. The molecule has 2 N–H and O–H groups in total. The molecule has 5 nitrogen and oxygen atoms in total. The normalized spacial score (nSPS) is 11.8. The van der Waals surface area contributed by atoms with E-state index in [-0.39, 0.29) is 18.4 Å². The number of carbonyl (C=O) groups excluding carboxylic acids is 2. The van der Waals surface area contributed by atoms with Gasteiger partial charge < -0.3 is 10.6 Å². The van der Waals surface area contributed by atoms with Crippen molar-refractivity contribution in [3.05, 3.63) is 94.0 Å². The lowest BCUT2D eigenvalue weighted by Gasteiger charge is -2.27. The number of likely N-dealkylation sites (N-methyl/N-ethyl adjacent to an activating group) is 1. The van der Waals surface area contributed by atoms with Gasteiger partial charge in [0, 0.05) is 16.4 Å². The second kappa shape index (κ2) is 10.4. The van der Waals surface area contributed by atoms with Crippen LogP contribution in [0.25, 0.3) is 0 Å². The summed E-state index contributed by atoms with van der Waals surface area (Å²) in [6, 6.07) is 19.9. The first-order chi connectivity index (χ1) is 15.3. The number of nitrogens with zero attached hydrogens (tertiary/aromatic N) is 1. The van der Waals surface area contributed by atoms with E-state index in [1.807, 2.05) is 81.4 Å². The number of aryl methyl sites for hydroxylation is 2. The van der Waals surface area contributed by atoms with Gasteiger partial charge in [0.05, 0.1) is 6.54 Å². The molecule has 0 aromatic heterocycles. The Morgan fingerprint density at radius 2 is 1.62 bits per heavy atom. The smallest absolute Gasteiger partial charge is 0.246 e. The van der Waals surface area contributed by atoms with Crippen molar-refractivity contribution in [3.63, 3.8) is 0 Å². The first kappa shape index (κ1) is 23.5. The lowest BCUT2D eigenvalue weighted by atomic mass is 10.0. The zero-order chi connectivity index (χ0) is 23.3. The van der Waals surface area contributed by atoms with Crippen molar-refractivity contribution in [3.8, 4) is 0 Å². The summed E-state index contributed by atoms with van der Waals surface area (Å²) in [5, 5.41) is 6.48. The molecule has 3 aromatic rings. The minimum Gasteiger partial charge on any atom is -0.325 e. The van der Waals surface area contributed by atoms with Crippen molar-refractivity contribution in [2.45, 2.75) is 26.8 Å². The van der Waals surface area contributed by atoms with Crippen molar-refractivity contribution >= 4 is 34.8 Å². The predicted molar refractivity (Wildman–Crippen MR) is 131 cm³/mol. The van der Waals surface area contributed by atoms with Crippen LogP contribution in [0.1, 0.15) is 28.3 Å². The lowest BCUT2D eigenvalue weighted by molar-refractivity contribution is -0.123. The summed E-state index contributed by atoms with van der Waals surface area (Å²) in [7, 11) is 1.77. The highest BCUT2D eigenvalue weighted by Crippen LogP contribution is 2.25. The molecule has 0 aliphatic heterocycles. The summed E-state index contributed by atoms with van der Waals surface area (Å²) in [5.41, 5.74) is 5.25. The minimum atomic E-state index is -0.652. The molecule has 1 atom stereocenters. The molecule has 166 valence electrons. The third kappa shape index (κ3) is 5.75. The maximum Gasteiger partial charge on any atom is 0.246 e. The van der Waals surface area contributed by atoms with Crippen molar-refractivity contribution < 1.29 is 9.59 Å². The molecular weight excluding hydrogens is 422 g/mol. The lowest BCUT2D eigenvalue weighted by Crippen LogP contribution is -2.39. The molecule has 0 aliphatic rings. The number of hydrogen-bond acceptors (Lipinski definition) is 3. The van der Waals surface area contributed by atoms with Crippen molar-refractivity contribution in [1.82, 2.24) is 4.90 Å². The maximum atomic E-state index is 13.3. The number of benzene rings is 3. The quantitative estimate of drug-likeness (QED) is 0.499. The van der Waals surface area contributed by atoms with Crippen molar-refractivity contribution in [2.75, 3.05) is 24.2 Å². The molecule has 3 aromatic carbocycles. The van der Waals surface area contributed by atoms with Crippen LogP contribution in [0.2, 0.25) is 5.02 Å². The average Bonchev–Trinajstić information content (AvgIpc) is 2.75. The van der Waals surface area contributed by atoms with E-state index in [1.165, 1.54) is 0 Å². The Bertz CT molecular complexity index is 1120. The standard InChI is InChI=1S/C26H28ClN3O2/c1-17-9-8-12-23(19(17)3)29-24(31)16-30(4)25(20-10-6-5-7-11-20)26(32)28-21-14-13-18(2)22(27)15-21/h5-15,25H,16H2,1-4H3,(H,28,32)(H,29,31). The second-order valence-corrected chi connectivity index (χ2v) is 8.38. The summed E-state index contributed by atoms with van der Waals surface area (Å²) in [4.78, 5) is 27.8. The maximum absolute atomic E-state index is 13.3. The third-order valence-corrected chi connectivity index (χ3v) is 5.92. The van der Waals surface area contributed by atoms with Gasteiger partial charge in [-0.25, -0.2) is 0 Å². The summed E-state index contributed by atoms with van der Waals surface area (Å²) in [6.45, 7) is 5.93. The van der Waals surface area contributed by atoms with Gasteiger partial charge >= 0.3 is 0 Å². The number of hydrogen-bond donors (Lipinski definition) is 2. The van der Waals surface area contributed by atoms with Crippen LogP contribution >= 0.6 is 11.6 Å². The van der Waals surface area contributed by atoms with E-state index in [2.05, 4.69) is 10.6 Å². The minimum absolute atomic E-state index is 0.0506. The summed E-state index contributed by atoms with van der Waals surface area (Å²) in [5.74, 6) is -0.425. The van der Waals surface area contributed by atoms with Crippen LogP contribution in [-0.4, -0.2) is 30.3 Å². The molecule has 0 radical (unpaired) electrons. The molecule has 0 saturated carbocycles. The van der Waals surface area contributed by atoms with Gasteiger partial charge in [-0.05, 0) is 68.3 Å². The van der Waals surface area contributed by atoms with E-state index in [0.29, 0.717) is 10.7 Å². The first-order valence-electron chi connectivity index (χ1n) is 10.4. The largest absolute Gasteiger partial charge is 0.325 e. The number of rotatable bonds is 7. The Hall–Kier alpha value is -3.15. The summed E-state index contributed by atoms with van der Waals surface area (Å²) in [6.07, 6.45) is 0. The summed E-state index contributed by atoms with van der Waals surface area (Å²) < 4.78 is 0. The highest BCUT2D eigenvalue weighted by Gasteiger charge is 2.27. The van der Waals surface area contributed by atoms with Crippen LogP contribution in [0.5, 0.6) is 0 Å². The fraction of sp³-hybridized carbons (Fsp3) is 0.231. The predicted octanol–water partition coefficient (Wildman–Crippen LogP) is 5.52. The fourth-order valence-corrected chi connectivity index (χ4v) is 3.70. The van der Waals surface area contributed by atoms with Crippen LogP contribution in [0.3, 0.4) is 0 Å². The zero-order valence-electron chi connectivity index (χ0n) is 18.8. The van der Waals surface area contributed by atoms with Gasteiger partial charge in [-0.2, -0.15) is 0 Å². The molecule has 32 heavy (non-hydrogen) atoms. The third-order valence-electron chi connectivity index (χ3n) is 5.52. The highest BCUT2D eigenvalue weighted by molar-refractivity contribution is 6.31. The SMILES string of the molecule is Cc1ccc(NC(=O)C(c2ccccc2)N(C)CC(=O)Nc2cccc(C)c2C)cc1Cl. The van der Waals surface area contributed by atoms with E-state index < -0.39 is 6.04 Å². The average molecular weight is 450 g/mol. The van der Waals surface area contributed by atoms with Gasteiger partial charge in [-0.3, -0.25) is 14.5 Å². The van der Waals surface area contributed by atoms with Crippen molar-refractivity contribution in [2.24, 2.45) is 0 Å². The monoisotopic (exact) mass is 449 g/mol. The van der Waals surface area contributed by atoms with E-state index in [4.69, 9.17) is 11.6 Å². The van der Waals surface area contributed by atoms with Gasteiger partial charge in [-0.1, -0.05) is 60.1 Å². The molecule has 1 unspecified atom stereocenters. The van der Waals surface area contributed by atoms with Crippen LogP contribution < -0.4 is 10.6 Å². The van der Waals surface area contributed by atoms with Gasteiger partial charge in [0.2, 0.25) is 11.8 Å². The molecule has 0 bridgehead atoms. The second-order valence-electron chi connectivity index (χ2n) is 7.98. The Morgan fingerprint density at radius 1 is 0.906 bits per heavy atom. The first-order valence-corrected chi connectivity index (χ1v) is 10.8. The Labute approximate surface area is 194 Å². The van der Waals surface area contributed by atoms with Crippen molar-refractivity contribution in [1.29, 1.82) is 0 Å². The van der Waals surface area contributed by atoms with Crippen LogP contribution in [-0.2, 0) is 9.59 Å². The van der Waals surface area contributed by atoms with E-state index in [9.17, 15) is 9.59 Å². The molecule has 3 rings (SSSR count). The molecule has 2 amide bonds. The van der Waals surface area contributed by atoms with Gasteiger partial charge in [0.15, 0.2) is 0 Å². The molecule has 0 fully saturated rings. The van der Waals surface area contributed by atoms with Gasteiger partial charge in [0.25, 0.3) is 0 Å². The fourth-order valence-electron chi connectivity index (χ4n) is 3.52. The molecule has 0 spiro atoms. The molecular formula is C26H28ClN3O2. The number of amides is 2. The zero-order valence-corrected chi connectivity index (χ0v) is 19.5. The number of anilines is 2.